The molecule has 0 aromatic heterocycles. The number of nitrogens with one attached hydrogen (secondary N) is 1. The van der Waals surface area contributed by atoms with E-state index in [0.717, 1.165) is 12.1 Å². The number of carbonyl (C=O) groups excluding carboxylic acids is 2. The molecule has 1 heterocycles. The van der Waals surface area contributed by atoms with Gasteiger partial charge >= 0.3 is 0 Å². The van der Waals surface area contributed by atoms with Crippen molar-refractivity contribution in [2.24, 2.45) is 5.92 Å². The fourth-order valence-corrected chi connectivity index (χ4v) is 2.85. The number of carbonyl (C=O) groups is 2. The highest BCUT2D eigenvalue weighted by molar-refractivity contribution is 6.03. The Kier molecular flexibility index (Phi) is 4.60. The van der Waals surface area contributed by atoms with Gasteiger partial charge in [0.1, 0.15) is 5.82 Å². The molecule has 5 heteroatoms. The molecule has 0 radical (unpaired) electrons. The van der Waals surface area contributed by atoms with Crippen LogP contribution in [0.3, 0.4) is 0 Å². The number of nitrogens with zero attached hydrogens (tertiary/aromatic N) is 1. The number of benzene rings is 2. The van der Waals surface area contributed by atoms with Gasteiger partial charge in [0.05, 0.1) is 5.92 Å². The van der Waals surface area contributed by atoms with E-state index in [2.05, 4.69) is 12.2 Å². The Balaban J connectivity index is 1.68. The largest absolute Gasteiger partial charge is 0.326 e. The quantitative estimate of drug-likeness (QED) is 0.936. The summed E-state index contributed by atoms with van der Waals surface area (Å²) in [6.07, 6.45) is 1.10. The van der Waals surface area contributed by atoms with Gasteiger partial charge in [-0.05, 0) is 42.3 Å². The predicted molar refractivity (Wildman–Crippen MR) is 91.3 cm³/mol. The molecule has 1 atom stereocenters. The van der Waals surface area contributed by atoms with E-state index in [-0.39, 0.29) is 18.2 Å². The van der Waals surface area contributed by atoms with E-state index in [1.54, 1.807) is 11.0 Å². The number of halogens is 1. The number of aryl methyl sites for hydroxylation is 1. The van der Waals surface area contributed by atoms with Crippen LogP contribution >= 0.6 is 0 Å². The zero-order valence-electron chi connectivity index (χ0n) is 13.5. The van der Waals surface area contributed by atoms with Gasteiger partial charge in [0, 0.05) is 24.3 Å². The second-order valence-electron chi connectivity index (χ2n) is 5.92. The summed E-state index contributed by atoms with van der Waals surface area (Å²) >= 11 is 0. The van der Waals surface area contributed by atoms with E-state index >= 15 is 0 Å². The Morgan fingerprint density at radius 2 is 2.00 bits per heavy atom. The fraction of sp³-hybridized carbons (Fsp3) is 0.263. The van der Waals surface area contributed by atoms with Crippen molar-refractivity contribution in [1.29, 1.82) is 0 Å². The van der Waals surface area contributed by atoms with Crippen molar-refractivity contribution >= 4 is 23.2 Å². The first-order valence-electron chi connectivity index (χ1n) is 8.02. The summed E-state index contributed by atoms with van der Waals surface area (Å²) in [4.78, 5) is 26.2. The normalized spacial score (nSPS) is 17.2. The molecule has 1 saturated heterocycles. The maximum absolute atomic E-state index is 13.2. The smallest absolute Gasteiger partial charge is 0.229 e. The number of hydrogen-bond donors (Lipinski definition) is 1. The van der Waals surface area contributed by atoms with E-state index < -0.39 is 11.7 Å². The molecule has 2 amide bonds. The molecule has 1 N–H and O–H groups in total. The monoisotopic (exact) mass is 326 g/mol. The Morgan fingerprint density at radius 3 is 2.67 bits per heavy atom. The second-order valence-corrected chi connectivity index (χ2v) is 5.92. The van der Waals surface area contributed by atoms with Gasteiger partial charge in [-0.25, -0.2) is 4.39 Å². The van der Waals surface area contributed by atoms with E-state index in [9.17, 15) is 14.0 Å². The Labute approximate surface area is 140 Å². The van der Waals surface area contributed by atoms with Crippen LogP contribution in [0.1, 0.15) is 18.9 Å². The van der Waals surface area contributed by atoms with Gasteiger partial charge in [0.25, 0.3) is 0 Å². The first kappa shape index (κ1) is 16.2. The van der Waals surface area contributed by atoms with Crippen LogP contribution in [0.4, 0.5) is 15.8 Å². The van der Waals surface area contributed by atoms with Crippen LogP contribution in [-0.2, 0) is 16.0 Å². The number of anilines is 2. The number of hydrogen-bond acceptors (Lipinski definition) is 2. The van der Waals surface area contributed by atoms with Crippen molar-refractivity contribution in [3.8, 4) is 0 Å². The van der Waals surface area contributed by atoms with Crippen LogP contribution in [0.25, 0.3) is 0 Å². The third kappa shape index (κ3) is 3.45. The van der Waals surface area contributed by atoms with Crippen LogP contribution in [0.2, 0.25) is 0 Å². The first-order chi connectivity index (χ1) is 11.6. The van der Waals surface area contributed by atoms with Gasteiger partial charge in [-0.1, -0.05) is 25.1 Å². The van der Waals surface area contributed by atoms with Crippen LogP contribution in [0, 0.1) is 11.7 Å². The highest BCUT2D eigenvalue weighted by Crippen LogP contribution is 2.26. The minimum Gasteiger partial charge on any atom is -0.326 e. The minimum atomic E-state index is -0.438. The lowest BCUT2D eigenvalue weighted by molar-refractivity contribution is -0.122. The molecule has 1 aliphatic rings. The van der Waals surface area contributed by atoms with Crippen LogP contribution in [0.5, 0.6) is 0 Å². The lowest BCUT2D eigenvalue weighted by Crippen LogP contribution is -2.28. The first-order valence-corrected chi connectivity index (χ1v) is 8.02. The SMILES string of the molecule is CCc1ccc(N2CC(C(=O)Nc3cccc(F)c3)CC2=O)cc1. The van der Waals surface area contributed by atoms with Crippen LogP contribution in [0.15, 0.2) is 48.5 Å². The zero-order valence-corrected chi connectivity index (χ0v) is 13.5. The molecule has 2 aromatic rings. The molecular weight excluding hydrogens is 307 g/mol. The molecule has 1 unspecified atom stereocenters. The highest BCUT2D eigenvalue weighted by Gasteiger charge is 2.35. The summed E-state index contributed by atoms with van der Waals surface area (Å²) < 4.78 is 13.2. The van der Waals surface area contributed by atoms with Crippen molar-refractivity contribution in [2.45, 2.75) is 19.8 Å². The fourth-order valence-electron chi connectivity index (χ4n) is 2.85. The highest BCUT2D eigenvalue weighted by atomic mass is 19.1. The van der Waals surface area contributed by atoms with Crippen LogP contribution in [-0.4, -0.2) is 18.4 Å². The number of rotatable bonds is 4. The zero-order chi connectivity index (χ0) is 17.1. The molecule has 3 rings (SSSR count). The molecule has 0 saturated carbocycles. The van der Waals surface area contributed by atoms with Crippen molar-refractivity contribution in [3.05, 3.63) is 59.9 Å². The third-order valence-electron chi connectivity index (χ3n) is 4.24. The maximum Gasteiger partial charge on any atom is 0.229 e. The van der Waals surface area contributed by atoms with Gasteiger partial charge in [0.15, 0.2) is 0 Å². The van der Waals surface area contributed by atoms with Crippen molar-refractivity contribution < 1.29 is 14.0 Å². The van der Waals surface area contributed by atoms with E-state index in [4.69, 9.17) is 0 Å². The summed E-state index contributed by atoms with van der Waals surface area (Å²) in [5.74, 6) is -1.18. The predicted octanol–water partition coefficient (Wildman–Crippen LogP) is 3.38. The lowest BCUT2D eigenvalue weighted by Gasteiger charge is -2.17. The maximum atomic E-state index is 13.2. The summed E-state index contributed by atoms with van der Waals surface area (Å²) in [5, 5.41) is 2.68. The van der Waals surface area contributed by atoms with E-state index in [1.165, 1.54) is 23.8 Å². The molecule has 0 bridgehead atoms. The van der Waals surface area contributed by atoms with E-state index in [1.807, 2.05) is 24.3 Å². The average molecular weight is 326 g/mol. The van der Waals surface area contributed by atoms with Crippen LogP contribution < -0.4 is 10.2 Å². The summed E-state index contributed by atoms with van der Waals surface area (Å²) in [6.45, 7) is 2.41. The summed E-state index contributed by atoms with van der Waals surface area (Å²) in [5.41, 5.74) is 2.40. The van der Waals surface area contributed by atoms with Gasteiger partial charge < -0.3 is 10.2 Å². The molecule has 0 spiro atoms. The molecule has 2 aromatic carbocycles. The van der Waals surface area contributed by atoms with Gasteiger partial charge in [-0.2, -0.15) is 0 Å². The van der Waals surface area contributed by atoms with Gasteiger partial charge in [-0.15, -0.1) is 0 Å². The average Bonchev–Trinajstić information content (AvgIpc) is 2.97. The molecule has 1 aliphatic heterocycles. The molecule has 124 valence electrons. The third-order valence-corrected chi connectivity index (χ3v) is 4.24. The van der Waals surface area contributed by atoms with Gasteiger partial charge in [0.2, 0.25) is 11.8 Å². The standard InChI is InChI=1S/C19H19FN2O2/c1-2-13-6-8-17(9-7-13)22-12-14(10-18(22)23)19(24)21-16-5-3-4-15(20)11-16/h3-9,11,14H,2,10,12H2,1H3,(H,21,24). The van der Waals surface area contributed by atoms with Gasteiger partial charge in [-0.3, -0.25) is 9.59 Å². The molecule has 1 fully saturated rings. The lowest BCUT2D eigenvalue weighted by atomic mass is 10.1. The Bertz CT molecular complexity index is 758. The second kappa shape index (κ2) is 6.83. The summed E-state index contributed by atoms with van der Waals surface area (Å²) in [6, 6.07) is 13.5. The molecule has 24 heavy (non-hydrogen) atoms. The van der Waals surface area contributed by atoms with Crippen molar-refractivity contribution in [2.75, 3.05) is 16.8 Å². The molecular formula is C19H19FN2O2. The Morgan fingerprint density at radius 1 is 1.25 bits per heavy atom. The minimum absolute atomic E-state index is 0.0707. The van der Waals surface area contributed by atoms with Crippen molar-refractivity contribution in [3.63, 3.8) is 0 Å². The molecule has 0 aliphatic carbocycles. The Hall–Kier alpha value is -2.69. The molecule has 4 nitrogen and oxygen atoms in total. The summed E-state index contributed by atoms with van der Waals surface area (Å²) in [7, 11) is 0. The van der Waals surface area contributed by atoms with Crippen molar-refractivity contribution in [1.82, 2.24) is 0 Å². The number of amides is 2. The van der Waals surface area contributed by atoms with E-state index in [0.29, 0.717) is 12.2 Å². The topological polar surface area (TPSA) is 49.4 Å².